The van der Waals surface area contributed by atoms with Gasteiger partial charge in [0.05, 0.1) is 4.90 Å². The number of nitrogens with zero attached hydrogens (tertiary/aromatic N) is 1. The van der Waals surface area contributed by atoms with Crippen LogP contribution < -0.4 is 15.8 Å². The lowest BCUT2D eigenvalue weighted by molar-refractivity contribution is 0.590. The molecule has 0 saturated heterocycles. The fourth-order valence-electron chi connectivity index (χ4n) is 2.74. The van der Waals surface area contributed by atoms with E-state index in [1.54, 1.807) is 19.2 Å². The predicted octanol–water partition coefficient (Wildman–Crippen LogP) is 3.16. The van der Waals surface area contributed by atoms with E-state index in [0.717, 1.165) is 18.5 Å². The molecule has 2 aromatic carbocycles. The van der Waals surface area contributed by atoms with Gasteiger partial charge in [-0.1, -0.05) is 57.2 Å². The van der Waals surface area contributed by atoms with Gasteiger partial charge in [0.2, 0.25) is 10.0 Å². The number of nitrogens with two attached hydrogens (primary N) is 1. The normalized spacial score (nSPS) is 12.2. The highest BCUT2D eigenvalue weighted by atomic mass is 127. The highest BCUT2D eigenvalue weighted by Gasteiger charge is 2.12. The summed E-state index contributed by atoms with van der Waals surface area (Å²) in [5.41, 5.74) is 3.55. The number of halogens is 1. The lowest BCUT2D eigenvalue weighted by Crippen LogP contribution is -2.37. The van der Waals surface area contributed by atoms with Crippen LogP contribution in [-0.4, -0.2) is 28.0 Å². The number of nitrogens with one attached hydrogen (secondary N) is 2. The maximum absolute atomic E-state index is 11.5. The number of aliphatic imine (C=N–C) groups is 1. The van der Waals surface area contributed by atoms with Crippen LogP contribution >= 0.6 is 24.0 Å². The van der Waals surface area contributed by atoms with E-state index in [-0.39, 0.29) is 34.3 Å². The van der Waals surface area contributed by atoms with E-state index in [1.165, 1.54) is 17.2 Å². The molecule has 0 amide bonds. The highest BCUT2D eigenvalue weighted by molar-refractivity contribution is 14.0. The van der Waals surface area contributed by atoms with Gasteiger partial charge in [-0.2, -0.15) is 0 Å². The van der Waals surface area contributed by atoms with Gasteiger partial charge < -0.3 is 10.6 Å². The average Bonchev–Trinajstić information content (AvgIpc) is 2.63. The Morgan fingerprint density at radius 2 is 1.69 bits per heavy atom. The quantitative estimate of drug-likeness (QED) is 0.304. The monoisotopic (exact) mass is 530 g/mol. The molecule has 4 N–H and O–H groups in total. The van der Waals surface area contributed by atoms with Crippen molar-refractivity contribution in [2.75, 3.05) is 13.6 Å². The third kappa shape index (κ3) is 8.31. The maximum atomic E-state index is 11.5. The van der Waals surface area contributed by atoms with Gasteiger partial charge in [0, 0.05) is 20.1 Å². The Morgan fingerprint density at radius 3 is 2.24 bits per heavy atom. The number of hydrogen-bond acceptors (Lipinski definition) is 3. The Kier molecular flexibility index (Phi) is 9.57. The molecule has 0 heterocycles. The first-order chi connectivity index (χ1) is 13.1. The van der Waals surface area contributed by atoms with Crippen LogP contribution in [0.2, 0.25) is 0 Å². The summed E-state index contributed by atoms with van der Waals surface area (Å²) >= 11 is 0. The van der Waals surface area contributed by atoms with Gasteiger partial charge in [0.15, 0.2) is 5.96 Å². The van der Waals surface area contributed by atoms with E-state index in [0.29, 0.717) is 12.5 Å². The molecular formula is C21H31IN4O2S. The number of primary sulfonamides is 1. The fraction of sp³-hybridized carbons (Fsp3) is 0.381. The smallest absolute Gasteiger partial charge is 0.238 e. The van der Waals surface area contributed by atoms with Crippen molar-refractivity contribution in [3.63, 3.8) is 0 Å². The van der Waals surface area contributed by atoms with Crippen molar-refractivity contribution in [1.29, 1.82) is 0 Å². The van der Waals surface area contributed by atoms with Gasteiger partial charge in [-0.15, -0.1) is 24.0 Å². The van der Waals surface area contributed by atoms with Gasteiger partial charge in [0.1, 0.15) is 0 Å². The van der Waals surface area contributed by atoms with E-state index >= 15 is 0 Å². The van der Waals surface area contributed by atoms with Crippen LogP contribution in [0.4, 0.5) is 0 Å². The van der Waals surface area contributed by atoms with Crippen LogP contribution in [0.3, 0.4) is 0 Å². The first-order valence-electron chi connectivity index (χ1n) is 9.25. The van der Waals surface area contributed by atoms with Gasteiger partial charge >= 0.3 is 0 Å². The standard InChI is InChI=1S/C21H30N4O2S.HI/c1-21(2,3)18-10-8-16(9-11-18)12-13-24-20(23-4)25-15-17-6-5-7-19(14-17)28(22,26)27;/h5-11,14H,12-13,15H2,1-4H3,(H2,22,26,27)(H2,23,24,25);1H. The van der Waals surface area contributed by atoms with Crippen LogP contribution in [0.25, 0.3) is 0 Å². The van der Waals surface area contributed by atoms with Crippen molar-refractivity contribution in [3.05, 3.63) is 65.2 Å². The molecule has 0 aliphatic rings. The second kappa shape index (κ2) is 10.9. The highest BCUT2D eigenvalue weighted by Crippen LogP contribution is 2.22. The number of hydrogen-bond donors (Lipinski definition) is 3. The second-order valence-electron chi connectivity index (χ2n) is 7.74. The molecule has 8 heteroatoms. The molecule has 0 aliphatic carbocycles. The molecule has 0 radical (unpaired) electrons. The fourth-order valence-corrected chi connectivity index (χ4v) is 3.32. The number of sulfonamides is 1. The van der Waals surface area contributed by atoms with E-state index < -0.39 is 10.0 Å². The van der Waals surface area contributed by atoms with Gasteiger partial charge in [-0.3, -0.25) is 4.99 Å². The zero-order valence-corrected chi connectivity index (χ0v) is 20.5. The Labute approximate surface area is 191 Å². The van der Waals surface area contributed by atoms with Crippen molar-refractivity contribution in [1.82, 2.24) is 10.6 Å². The summed E-state index contributed by atoms with van der Waals surface area (Å²) in [6.45, 7) is 7.81. The Hall–Kier alpha value is -1.65. The van der Waals surface area contributed by atoms with Crippen molar-refractivity contribution < 1.29 is 8.42 Å². The summed E-state index contributed by atoms with van der Waals surface area (Å²) in [7, 11) is -2.00. The van der Waals surface area contributed by atoms with Crippen molar-refractivity contribution in [2.45, 2.75) is 44.0 Å². The molecule has 0 bridgehead atoms. The molecule has 2 aromatic rings. The molecule has 6 nitrogen and oxygen atoms in total. The van der Waals surface area contributed by atoms with Crippen molar-refractivity contribution in [3.8, 4) is 0 Å². The molecule has 0 saturated carbocycles. The maximum Gasteiger partial charge on any atom is 0.238 e. The summed E-state index contributed by atoms with van der Waals surface area (Å²) < 4.78 is 22.9. The average molecular weight is 530 g/mol. The number of rotatable bonds is 6. The van der Waals surface area contributed by atoms with Crippen LogP contribution in [0.5, 0.6) is 0 Å². The first-order valence-corrected chi connectivity index (χ1v) is 10.8. The van der Waals surface area contributed by atoms with Crippen LogP contribution in [0.15, 0.2) is 58.4 Å². The molecule has 0 aromatic heterocycles. The molecule has 0 spiro atoms. The molecule has 29 heavy (non-hydrogen) atoms. The van der Waals surface area contributed by atoms with Crippen molar-refractivity contribution in [2.24, 2.45) is 10.1 Å². The van der Waals surface area contributed by atoms with Gasteiger partial charge in [-0.25, -0.2) is 13.6 Å². The zero-order chi connectivity index (χ0) is 20.8. The van der Waals surface area contributed by atoms with E-state index in [2.05, 4.69) is 60.7 Å². The molecule has 0 unspecified atom stereocenters. The Bertz CT molecular complexity index is 920. The topological polar surface area (TPSA) is 96.6 Å². The minimum absolute atomic E-state index is 0. The van der Waals surface area contributed by atoms with Crippen LogP contribution in [0, 0.1) is 0 Å². The number of benzene rings is 2. The SMILES string of the molecule is CN=C(NCCc1ccc(C(C)(C)C)cc1)NCc1cccc(S(N)(=O)=O)c1.I. The van der Waals surface area contributed by atoms with Crippen LogP contribution in [-0.2, 0) is 28.4 Å². The summed E-state index contributed by atoms with van der Waals surface area (Å²) in [5, 5.41) is 11.6. The molecule has 0 aliphatic heterocycles. The summed E-state index contributed by atoms with van der Waals surface area (Å²) in [5.74, 6) is 0.660. The summed E-state index contributed by atoms with van der Waals surface area (Å²) in [4.78, 5) is 4.31. The third-order valence-corrected chi connectivity index (χ3v) is 5.35. The first kappa shape index (κ1) is 25.4. The van der Waals surface area contributed by atoms with E-state index in [1.807, 2.05) is 6.07 Å². The Balaban J connectivity index is 0.00000420. The van der Waals surface area contributed by atoms with Gasteiger partial charge in [0.25, 0.3) is 0 Å². The Morgan fingerprint density at radius 1 is 1.03 bits per heavy atom. The lowest BCUT2D eigenvalue weighted by Gasteiger charge is -2.19. The third-order valence-electron chi connectivity index (χ3n) is 4.44. The summed E-state index contributed by atoms with van der Waals surface area (Å²) in [6, 6.07) is 15.2. The molecular weight excluding hydrogens is 499 g/mol. The minimum Gasteiger partial charge on any atom is -0.356 e. The predicted molar refractivity (Wildman–Crippen MR) is 130 cm³/mol. The molecule has 160 valence electrons. The van der Waals surface area contributed by atoms with Gasteiger partial charge in [-0.05, 0) is 40.7 Å². The molecule has 0 fully saturated rings. The molecule has 2 rings (SSSR count). The number of guanidine groups is 1. The largest absolute Gasteiger partial charge is 0.356 e. The van der Waals surface area contributed by atoms with E-state index in [9.17, 15) is 8.42 Å². The van der Waals surface area contributed by atoms with E-state index in [4.69, 9.17) is 5.14 Å². The zero-order valence-electron chi connectivity index (χ0n) is 17.4. The van der Waals surface area contributed by atoms with Crippen molar-refractivity contribution >= 4 is 40.0 Å². The summed E-state index contributed by atoms with van der Waals surface area (Å²) in [6.07, 6.45) is 0.881. The lowest BCUT2D eigenvalue weighted by atomic mass is 9.86. The molecule has 0 atom stereocenters. The van der Waals surface area contributed by atoms with Crippen LogP contribution in [0.1, 0.15) is 37.5 Å². The second-order valence-corrected chi connectivity index (χ2v) is 9.30. The minimum atomic E-state index is -3.70.